The Morgan fingerprint density at radius 1 is 1.07 bits per heavy atom. The van der Waals surface area contributed by atoms with Crippen LogP contribution in [0.4, 0.5) is 0 Å². The number of amides is 2. The third kappa shape index (κ3) is 2.98. The maximum absolute atomic E-state index is 13.3. The van der Waals surface area contributed by atoms with E-state index in [1.807, 2.05) is 60.2 Å². The summed E-state index contributed by atoms with van der Waals surface area (Å²) in [5, 5.41) is 4.37. The molecule has 6 heteroatoms. The van der Waals surface area contributed by atoms with Crippen LogP contribution in [0.15, 0.2) is 54.9 Å². The van der Waals surface area contributed by atoms with Crippen LogP contribution in [0.3, 0.4) is 0 Å². The van der Waals surface area contributed by atoms with Crippen molar-refractivity contribution in [2.75, 3.05) is 19.6 Å². The lowest BCUT2D eigenvalue weighted by Crippen LogP contribution is -2.37. The minimum Gasteiger partial charge on any atom is -0.338 e. The van der Waals surface area contributed by atoms with Crippen molar-refractivity contribution in [2.45, 2.75) is 26.3 Å². The number of pyridine rings is 1. The Morgan fingerprint density at radius 2 is 1.87 bits per heavy atom. The number of benzene rings is 1. The summed E-state index contributed by atoms with van der Waals surface area (Å²) in [7, 11) is 0. The lowest BCUT2D eigenvalue weighted by molar-refractivity contribution is -0.132. The van der Waals surface area contributed by atoms with E-state index in [9.17, 15) is 9.59 Å². The molecule has 2 saturated heterocycles. The molecule has 154 valence electrons. The zero-order chi connectivity index (χ0) is 20.8. The van der Waals surface area contributed by atoms with E-state index >= 15 is 0 Å². The lowest BCUT2D eigenvalue weighted by atomic mass is 9.89. The van der Waals surface area contributed by atoms with Gasteiger partial charge in [-0.3, -0.25) is 9.59 Å². The first-order valence-corrected chi connectivity index (χ1v) is 10.6. The van der Waals surface area contributed by atoms with Gasteiger partial charge in [0.1, 0.15) is 0 Å². The number of aromatic nitrogens is 2. The monoisotopic (exact) mass is 402 g/mol. The van der Waals surface area contributed by atoms with Crippen LogP contribution in [-0.4, -0.2) is 50.9 Å². The molecule has 2 fully saturated rings. The number of aryl methyl sites for hydroxylation is 1. The highest BCUT2D eigenvalue weighted by Gasteiger charge is 2.49. The normalized spacial score (nSPS) is 23.2. The summed E-state index contributed by atoms with van der Waals surface area (Å²) >= 11 is 0. The van der Waals surface area contributed by atoms with Gasteiger partial charge in [0.25, 0.3) is 5.91 Å². The molecule has 0 unspecified atom stereocenters. The minimum atomic E-state index is 0.0310. The second-order valence-electron chi connectivity index (χ2n) is 8.48. The molecule has 6 nitrogen and oxygen atoms in total. The van der Waals surface area contributed by atoms with Crippen molar-refractivity contribution in [2.24, 2.45) is 11.8 Å². The van der Waals surface area contributed by atoms with Gasteiger partial charge in [0.2, 0.25) is 5.91 Å². The molecule has 0 bridgehead atoms. The molecule has 0 N–H and O–H groups in total. The quantitative estimate of drug-likeness (QED) is 0.675. The van der Waals surface area contributed by atoms with Crippen LogP contribution >= 0.6 is 0 Å². The van der Waals surface area contributed by atoms with Crippen molar-refractivity contribution in [1.82, 2.24) is 19.4 Å². The molecule has 0 spiro atoms. The Balaban J connectivity index is 1.43. The molecular formula is C24H26N4O2. The van der Waals surface area contributed by atoms with Crippen molar-refractivity contribution < 1.29 is 9.59 Å². The summed E-state index contributed by atoms with van der Waals surface area (Å²) in [6.07, 6.45) is 4.12. The predicted molar refractivity (Wildman–Crippen MR) is 114 cm³/mol. The van der Waals surface area contributed by atoms with Gasteiger partial charge in [0.15, 0.2) is 0 Å². The van der Waals surface area contributed by atoms with Crippen molar-refractivity contribution in [3.8, 4) is 0 Å². The average molecular weight is 402 g/mol. The average Bonchev–Trinajstić information content (AvgIpc) is 3.45. The Bertz CT molecular complexity index is 1110. The molecule has 2 aliphatic heterocycles. The summed E-state index contributed by atoms with van der Waals surface area (Å²) in [5.41, 5.74) is 3.75. The van der Waals surface area contributed by atoms with Gasteiger partial charge in [-0.15, -0.1) is 0 Å². The molecule has 4 heterocycles. The highest BCUT2D eigenvalue weighted by molar-refractivity contribution is 6.00. The number of nitrogens with zero attached hydrogens (tertiary/aromatic N) is 4. The van der Waals surface area contributed by atoms with Gasteiger partial charge in [-0.2, -0.15) is 5.10 Å². The van der Waals surface area contributed by atoms with Gasteiger partial charge in [-0.1, -0.05) is 43.3 Å². The number of hydrogen-bond donors (Lipinski definition) is 0. The first kappa shape index (κ1) is 18.9. The molecule has 2 aliphatic rings. The van der Waals surface area contributed by atoms with E-state index in [4.69, 9.17) is 0 Å². The maximum atomic E-state index is 13.3. The van der Waals surface area contributed by atoms with Gasteiger partial charge >= 0.3 is 0 Å². The fourth-order valence-electron chi connectivity index (χ4n) is 5.17. The fourth-order valence-corrected chi connectivity index (χ4v) is 5.17. The number of hydrogen-bond acceptors (Lipinski definition) is 3. The molecule has 3 aromatic rings. The Kier molecular flexibility index (Phi) is 4.57. The zero-order valence-electron chi connectivity index (χ0n) is 17.4. The van der Waals surface area contributed by atoms with E-state index in [2.05, 4.69) is 17.2 Å². The van der Waals surface area contributed by atoms with Crippen LogP contribution in [-0.2, 0) is 4.79 Å². The van der Waals surface area contributed by atoms with Gasteiger partial charge in [0.05, 0.1) is 23.3 Å². The first-order chi connectivity index (χ1) is 14.6. The van der Waals surface area contributed by atoms with E-state index in [0.717, 1.165) is 16.6 Å². The molecule has 0 aliphatic carbocycles. The molecule has 1 aromatic carbocycles. The summed E-state index contributed by atoms with van der Waals surface area (Å²) in [6.45, 7) is 6.00. The van der Waals surface area contributed by atoms with E-state index < -0.39 is 0 Å². The standard InChI is InChI=1S/C24H26N4O2/c1-3-22(29)27-14-18-13-26(15-20(18)23(27)17-7-5-4-6-8-17)24(30)19-11-25-28-12-16(2)9-10-21(19)28/h4-12,18,20,23H,3,13-15H2,1-2H3/t18-,20-,23+/m0/s1. The molecule has 5 rings (SSSR count). The summed E-state index contributed by atoms with van der Waals surface area (Å²) in [4.78, 5) is 30.0. The molecule has 30 heavy (non-hydrogen) atoms. The highest BCUT2D eigenvalue weighted by Crippen LogP contribution is 2.45. The van der Waals surface area contributed by atoms with Crippen LogP contribution in [0.1, 0.15) is 40.9 Å². The number of carbonyl (C=O) groups excluding carboxylic acids is 2. The number of carbonyl (C=O) groups is 2. The van der Waals surface area contributed by atoms with Gasteiger partial charge < -0.3 is 9.80 Å². The third-order valence-corrected chi connectivity index (χ3v) is 6.61. The van der Waals surface area contributed by atoms with Crippen LogP contribution in [0.25, 0.3) is 5.52 Å². The van der Waals surface area contributed by atoms with Crippen LogP contribution in [0.2, 0.25) is 0 Å². The van der Waals surface area contributed by atoms with E-state index in [-0.39, 0.29) is 23.8 Å². The van der Waals surface area contributed by atoms with E-state index in [1.165, 1.54) is 0 Å². The second-order valence-corrected chi connectivity index (χ2v) is 8.48. The van der Waals surface area contributed by atoms with Crippen molar-refractivity contribution in [3.05, 3.63) is 71.5 Å². The SMILES string of the molecule is CCC(=O)N1C[C@@H]2CN(C(=O)c3cnn4cc(C)ccc34)C[C@@H]2[C@H]1c1ccccc1. The molecule has 0 saturated carbocycles. The molecular weight excluding hydrogens is 376 g/mol. The van der Waals surface area contributed by atoms with Crippen LogP contribution in [0, 0.1) is 18.8 Å². The van der Waals surface area contributed by atoms with Crippen LogP contribution < -0.4 is 0 Å². The third-order valence-electron chi connectivity index (χ3n) is 6.61. The summed E-state index contributed by atoms with van der Waals surface area (Å²) in [6, 6.07) is 14.2. The molecule has 3 atom stereocenters. The van der Waals surface area contributed by atoms with E-state index in [1.54, 1.807) is 10.7 Å². The zero-order valence-corrected chi connectivity index (χ0v) is 17.4. The Hall–Kier alpha value is -3.15. The molecule has 2 aromatic heterocycles. The Morgan fingerprint density at radius 3 is 2.63 bits per heavy atom. The Labute approximate surface area is 176 Å². The van der Waals surface area contributed by atoms with Gasteiger partial charge in [-0.05, 0) is 24.1 Å². The van der Waals surface area contributed by atoms with Crippen molar-refractivity contribution >= 4 is 17.3 Å². The van der Waals surface area contributed by atoms with Crippen molar-refractivity contribution in [1.29, 1.82) is 0 Å². The number of likely N-dealkylation sites (tertiary alicyclic amines) is 2. The number of rotatable bonds is 3. The maximum Gasteiger partial charge on any atom is 0.257 e. The van der Waals surface area contributed by atoms with Crippen LogP contribution in [0.5, 0.6) is 0 Å². The lowest BCUT2D eigenvalue weighted by Gasteiger charge is -2.29. The predicted octanol–water partition coefficient (Wildman–Crippen LogP) is 3.32. The van der Waals surface area contributed by atoms with Crippen molar-refractivity contribution in [3.63, 3.8) is 0 Å². The summed E-state index contributed by atoms with van der Waals surface area (Å²) < 4.78 is 1.77. The van der Waals surface area contributed by atoms with Gasteiger partial charge in [-0.25, -0.2) is 4.52 Å². The summed E-state index contributed by atoms with van der Waals surface area (Å²) in [5.74, 6) is 0.784. The highest BCUT2D eigenvalue weighted by atomic mass is 16.2. The minimum absolute atomic E-state index is 0.0310. The number of fused-ring (bicyclic) bond motifs is 2. The molecule has 0 radical (unpaired) electrons. The second kappa shape index (κ2) is 7.27. The largest absolute Gasteiger partial charge is 0.338 e. The topological polar surface area (TPSA) is 57.9 Å². The van der Waals surface area contributed by atoms with E-state index in [0.29, 0.717) is 37.5 Å². The fraction of sp³-hybridized carbons (Fsp3) is 0.375. The van der Waals surface area contributed by atoms with Gasteiger partial charge in [0, 0.05) is 44.1 Å². The molecule has 2 amide bonds. The smallest absolute Gasteiger partial charge is 0.257 e. The first-order valence-electron chi connectivity index (χ1n) is 10.6.